The second kappa shape index (κ2) is 10.6. The molecule has 3 aromatic rings. The molecule has 0 aliphatic carbocycles. The summed E-state index contributed by atoms with van der Waals surface area (Å²) >= 11 is 0. The summed E-state index contributed by atoms with van der Waals surface area (Å²) in [5, 5.41) is 5.88. The largest absolute Gasteiger partial charge is 0.301 e. The van der Waals surface area contributed by atoms with E-state index in [0.29, 0.717) is 22.5 Å². The van der Waals surface area contributed by atoms with Crippen LogP contribution in [-0.2, 0) is 32.3 Å². The number of benzene rings is 3. The van der Waals surface area contributed by atoms with Crippen molar-refractivity contribution in [1.82, 2.24) is 10.6 Å². The zero-order valence-electron chi connectivity index (χ0n) is 20.2. The summed E-state index contributed by atoms with van der Waals surface area (Å²) < 4.78 is 27.8. The monoisotopic (exact) mass is 518 g/mol. The first-order valence-electron chi connectivity index (χ1n) is 12.1. The first-order chi connectivity index (χ1) is 18.3. The van der Waals surface area contributed by atoms with Gasteiger partial charge in [-0.2, -0.15) is 0 Å². The van der Waals surface area contributed by atoms with Crippen LogP contribution < -0.4 is 20.4 Å². The molecule has 2 N–H and O–H groups in total. The molecule has 0 unspecified atom stereocenters. The lowest BCUT2D eigenvalue weighted by Gasteiger charge is -2.19. The molecule has 2 saturated heterocycles. The van der Waals surface area contributed by atoms with Crippen molar-refractivity contribution in [3.8, 4) is 0 Å². The summed E-state index contributed by atoms with van der Waals surface area (Å²) in [6, 6.07) is 16.7. The van der Waals surface area contributed by atoms with Crippen LogP contribution in [-0.4, -0.2) is 35.7 Å². The van der Waals surface area contributed by atoms with Crippen LogP contribution in [0, 0.1) is 11.6 Å². The smallest absolute Gasteiger partial charge is 0.251 e. The SMILES string of the molecule is O=C1C[C@H](NCc2ccccc2F)C(=O)N1c1ccc(N2C(=O)C[C@H](NCc3ccccc3F)C2=O)cc1. The van der Waals surface area contributed by atoms with Crippen LogP contribution in [0.25, 0.3) is 0 Å². The van der Waals surface area contributed by atoms with Gasteiger partial charge in [-0.1, -0.05) is 36.4 Å². The van der Waals surface area contributed by atoms with E-state index >= 15 is 0 Å². The third-order valence-electron chi connectivity index (χ3n) is 6.65. The first-order valence-corrected chi connectivity index (χ1v) is 12.1. The van der Waals surface area contributed by atoms with Crippen molar-refractivity contribution in [3.05, 3.63) is 95.6 Å². The number of nitrogens with zero attached hydrogens (tertiary/aromatic N) is 2. The van der Waals surface area contributed by atoms with Crippen LogP contribution in [0.5, 0.6) is 0 Å². The number of nitrogens with one attached hydrogen (secondary N) is 2. The molecule has 38 heavy (non-hydrogen) atoms. The number of imide groups is 2. The molecule has 0 aromatic heterocycles. The Labute approximate surface area is 217 Å². The van der Waals surface area contributed by atoms with Crippen molar-refractivity contribution in [1.29, 1.82) is 0 Å². The molecule has 5 rings (SSSR count). The van der Waals surface area contributed by atoms with Gasteiger partial charge in [-0.15, -0.1) is 0 Å². The quantitative estimate of drug-likeness (QED) is 0.445. The lowest BCUT2D eigenvalue weighted by Crippen LogP contribution is -2.39. The molecule has 2 aliphatic heterocycles. The fourth-order valence-corrected chi connectivity index (χ4v) is 4.63. The Morgan fingerprint density at radius 3 is 1.34 bits per heavy atom. The number of anilines is 2. The summed E-state index contributed by atoms with van der Waals surface area (Å²) in [7, 11) is 0. The van der Waals surface area contributed by atoms with E-state index in [2.05, 4.69) is 10.6 Å². The average molecular weight is 519 g/mol. The maximum absolute atomic E-state index is 13.9. The fourth-order valence-electron chi connectivity index (χ4n) is 4.63. The summed E-state index contributed by atoms with van der Waals surface area (Å²) in [5.41, 5.74) is 1.37. The molecular weight excluding hydrogens is 494 g/mol. The number of hydrogen-bond acceptors (Lipinski definition) is 6. The summed E-state index contributed by atoms with van der Waals surface area (Å²) in [5.74, 6) is -2.58. The van der Waals surface area contributed by atoms with Gasteiger partial charge in [0.2, 0.25) is 11.8 Å². The summed E-state index contributed by atoms with van der Waals surface area (Å²) in [4.78, 5) is 53.1. The van der Waals surface area contributed by atoms with Gasteiger partial charge in [0.15, 0.2) is 0 Å². The molecule has 4 amide bonds. The molecule has 2 aliphatic rings. The van der Waals surface area contributed by atoms with Crippen molar-refractivity contribution < 1.29 is 28.0 Å². The van der Waals surface area contributed by atoms with Crippen LogP contribution in [0.3, 0.4) is 0 Å². The molecule has 0 bridgehead atoms. The van der Waals surface area contributed by atoms with Crippen molar-refractivity contribution in [3.63, 3.8) is 0 Å². The average Bonchev–Trinajstić information content (AvgIpc) is 3.36. The maximum atomic E-state index is 13.9. The van der Waals surface area contributed by atoms with Crippen molar-refractivity contribution in [2.24, 2.45) is 0 Å². The topological polar surface area (TPSA) is 98.8 Å². The Kier molecular flexibility index (Phi) is 7.08. The molecule has 2 heterocycles. The third kappa shape index (κ3) is 4.96. The minimum absolute atomic E-state index is 0.0759. The molecule has 0 radical (unpaired) electrons. The number of hydrogen-bond donors (Lipinski definition) is 2. The van der Waals surface area contributed by atoms with Crippen LogP contribution >= 0.6 is 0 Å². The number of rotatable bonds is 8. The molecule has 0 saturated carbocycles. The number of carbonyl (C=O) groups is 4. The van der Waals surface area contributed by atoms with E-state index in [0.717, 1.165) is 9.80 Å². The normalized spacial score (nSPS) is 19.6. The van der Waals surface area contributed by atoms with Crippen LogP contribution in [0.15, 0.2) is 72.8 Å². The Morgan fingerprint density at radius 2 is 0.974 bits per heavy atom. The highest BCUT2D eigenvalue weighted by Crippen LogP contribution is 2.29. The van der Waals surface area contributed by atoms with E-state index in [1.165, 1.54) is 36.4 Å². The molecule has 0 spiro atoms. The highest BCUT2D eigenvalue weighted by atomic mass is 19.1. The fraction of sp³-hybridized carbons (Fsp3) is 0.214. The van der Waals surface area contributed by atoms with Gasteiger partial charge in [0, 0.05) is 24.2 Å². The molecular formula is C28H24F2N4O4. The van der Waals surface area contributed by atoms with Crippen molar-refractivity contribution in [2.75, 3.05) is 9.80 Å². The molecule has 2 atom stereocenters. The van der Waals surface area contributed by atoms with E-state index in [4.69, 9.17) is 0 Å². The van der Waals surface area contributed by atoms with Gasteiger partial charge in [-0.3, -0.25) is 19.2 Å². The molecule has 8 nitrogen and oxygen atoms in total. The Hall–Kier alpha value is -4.28. The van der Waals surface area contributed by atoms with E-state index in [1.54, 1.807) is 36.4 Å². The van der Waals surface area contributed by atoms with E-state index in [-0.39, 0.29) is 25.9 Å². The second-order valence-electron chi connectivity index (χ2n) is 9.11. The lowest BCUT2D eigenvalue weighted by atomic mass is 10.2. The van der Waals surface area contributed by atoms with Gasteiger partial charge in [-0.25, -0.2) is 18.6 Å². The molecule has 3 aromatic carbocycles. The zero-order valence-corrected chi connectivity index (χ0v) is 20.2. The van der Waals surface area contributed by atoms with Gasteiger partial charge in [0.05, 0.1) is 36.3 Å². The highest BCUT2D eigenvalue weighted by Gasteiger charge is 2.41. The maximum Gasteiger partial charge on any atom is 0.251 e. The van der Waals surface area contributed by atoms with E-state index < -0.39 is 47.3 Å². The molecule has 2 fully saturated rings. The van der Waals surface area contributed by atoms with Crippen LogP contribution in [0.2, 0.25) is 0 Å². The Morgan fingerprint density at radius 1 is 0.605 bits per heavy atom. The molecule has 194 valence electrons. The highest BCUT2D eigenvalue weighted by molar-refractivity contribution is 6.24. The van der Waals surface area contributed by atoms with Crippen LogP contribution in [0.1, 0.15) is 24.0 Å². The second-order valence-corrected chi connectivity index (χ2v) is 9.11. The van der Waals surface area contributed by atoms with E-state index in [1.807, 2.05) is 0 Å². The lowest BCUT2D eigenvalue weighted by molar-refractivity contribution is -0.123. The van der Waals surface area contributed by atoms with Crippen LogP contribution in [0.4, 0.5) is 20.2 Å². The number of amides is 4. The Balaban J connectivity index is 1.23. The number of halogens is 2. The number of carbonyl (C=O) groups excluding carboxylic acids is 4. The van der Waals surface area contributed by atoms with Gasteiger partial charge in [0.1, 0.15) is 11.6 Å². The Bertz CT molecular complexity index is 1310. The van der Waals surface area contributed by atoms with E-state index in [9.17, 15) is 28.0 Å². The van der Waals surface area contributed by atoms with Gasteiger partial charge in [-0.05, 0) is 36.4 Å². The van der Waals surface area contributed by atoms with Crippen molar-refractivity contribution in [2.45, 2.75) is 38.0 Å². The standard InChI is InChI=1S/C28H24F2N4O4/c29-21-7-3-1-5-17(21)15-31-23-13-25(35)33(27(23)37)19-9-11-20(12-10-19)34-26(36)14-24(28(34)38)32-16-18-6-2-4-8-22(18)30/h1-12,23-24,31-32H,13-16H2/t23-,24-/m0/s1. The summed E-state index contributed by atoms with van der Waals surface area (Å²) in [6.07, 6.45) is -0.152. The summed E-state index contributed by atoms with van der Waals surface area (Å²) in [6.45, 7) is 0.183. The zero-order chi connectivity index (χ0) is 26.8. The third-order valence-corrected chi connectivity index (χ3v) is 6.65. The predicted octanol–water partition coefficient (Wildman–Crippen LogP) is 2.81. The predicted molar refractivity (Wildman–Crippen MR) is 135 cm³/mol. The molecule has 10 heteroatoms. The minimum Gasteiger partial charge on any atom is -0.301 e. The van der Waals surface area contributed by atoms with Gasteiger partial charge < -0.3 is 10.6 Å². The van der Waals surface area contributed by atoms with Gasteiger partial charge >= 0.3 is 0 Å². The minimum atomic E-state index is -0.801. The van der Waals surface area contributed by atoms with Crippen molar-refractivity contribution >= 4 is 35.0 Å². The van der Waals surface area contributed by atoms with Gasteiger partial charge in [0.25, 0.3) is 11.8 Å². The first kappa shape index (κ1) is 25.4.